The van der Waals surface area contributed by atoms with Crippen LogP contribution in [0.2, 0.25) is 0 Å². The van der Waals surface area contributed by atoms with E-state index < -0.39 is 0 Å². The topological polar surface area (TPSA) is 83.1 Å². The number of ether oxygens (including phenoxy) is 1. The Hall–Kier alpha value is -3.55. The Morgan fingerprint density at radius 3 is 2.59 bits per heavy atom. The van der Waals surface area contributed by atoms with Gasteiger partial charge in [0.1, 0.15) is 5.69 Å². The monoisotopic (exact) mass is 549 g/mol. The van der Waals surface area contributed by atoms with Crippen LogP contribution < -0.4 is 5.32 Å². The SMILES string of the molecule is C[C@@H]1CCCN1C1(C)CCc2ccc(-c3cnc4[nH]nc(-c5ccc(C(=O)N[C@H]6CCOC6)cc5)c4c3)cc2CC1. The largest absolute Gasteiger partial charge is 0.379 e. The Labute approximate surface area is 241 Å². The van der Waals surface area contributed by atoms with Crippen molar-refractivity contribution in [2.75, 3.05) is 19.8 Å². The normalized spacial score (nSPS) is 24.8. The van der Waals surface area contributed by atoms with Crippen LogP contribution >= 0.6 is 0 Å². The summed E-state index contributed by atoms with van der Waals surface area (Å²) >= 11 is 0. The van der Waals surface area contributed by atoms with E-state index >= 15 is 0 Å². The number of fused-ring (bicyclic) bond motifs is 2. The van der Waals surface area contributed by atoms with Gasteiger partial charge in [0.15, 0.2) is 5.65 Å². The van der Waals surface area contributed by atoms with E-state index in [2.05, 4.69) is 58.5 Å². The molecule has 1 unspecified atom stereocenters. The fourth-order valence-corrected chi connectivity index (χ4v) is 7.22. The second-order valence-corrected chi connectivity index (χ2v) is 12.5. The molecule has 1 amide bonds. The summed E-state index contributed by atoms with van der Waals surface area (Å²) in [5.41, 5.74) is 8.74. The third kappa shape index (κ3) is 5.06. The molecule has 4 aromatic rings. The molecule has 1 aliphatic carbocycles. The van der Waals surface area contributed by atoms with Gasteiger partial charge in [0.2, 0.25) is 0 Å². The molecule has 2 saturated heterocycles. The molecule has 0 bridgehead atoms. The van der Waals surface area contributed by atoms with Gasteiger partial charge in [-0.15, -0.1) is 0 Å². The maximum Gasteiger partial charge on any atom is 0.251 e. The number of hydrogen-bond acceptors (Lipinski definition) is 5. The fourth-order valence-electron chi connectivity index (χ4n) is 7.22. The van der Waals surface area contributed by atoms with Gasteiger partial charge in [-0.1, -0.05) is 30.3 Å². The fraction of sp³-hybridized carbons (Fsp3) is 0.441. The smallest absolute Gasteiger partial charge is 0.251 e. The van der Waals surface area contributed by atoms with Crippen LogP contribution in [-0.4, -0.2) is 63.4 Å². The minimum absolute atomic E-state index is 0.0682. The predicted octanol–water partition coefficient (Wildman–Crippen LogP) is 5.93. The molecule has 212 valence electrons. The number of aryl methyl sites for hydroxylation is 2. The number of pyridine rings is 1. The van der Waals surface area contributed by atoms with Crippen LogP contribution in [0.4, 0.5) is 0 Å². The van der Waals surface area contributed by atoms with Gasteiger partial charge in [0, 0.05) is 46.5 Å². The van der Waals surface area contributed by atoms with Crippen LogP contribution in [-0.2, 0) is 17.6 Å². The molecule has 2 aromatic carbocycles. The standard InChI is InChI=1S/C34H39N5O2/c1-22-4-3-16-39(22)34(2)14-11-23-5-10-26(18-27(23)12-15-34)28-19-30-31(37-38-32(30)35-20-28)24-6-8-25(9-7-24)33(40)36-29-13-17-41-21-29/h5-10,18-20,22,29H,3-4,11-17,21H2,1-2H3,(H,36,40)(H,35,37,38)/t22-,29+,34?/m1/s1. The summed E-state index contributed by atoms with van der Waals surface area (Å²) < 4.78 is 5.37. The van der Waals surface area contributed by atoms with Gasteiger partial charge >= 0.3 is 0 Å². The molecule has 0 saturated carbocycles. The van der Waals surface area contributed by atoms with Crippen LogP contribution in [0, 0.1) is 0 Å². The molecule has 0 radical (unpaired) electrons. The lowest BCUT2D eigenvalue weighted by Gasteiger charge is -2.41. The summed E-state index contributed by atoms with van der Waals surface area (Å²) in [5.74, 6) is -0.0682. The highest BCUT2D eigenvalue weighted by Crippen LogP contribution is 2.38. The van der Waals surface area contributed by atoms with Crippen molar-refractivity contribution in [3.8, 4) is 22.4 Å². The zero-order chi connectivity index (χ0) is 28.0. The van der Waals surface area contributed by atoms with E-state index in [-0.39, 0.29) is 17.5 Å². The zero-order valence-corrected chi connectivity index (χ0v) is 24.1. The molecule has 2 fully saturated rings. The number of hydrogen-bond donors (Lipinski definition) is 2. The Balaban J connectivity index is 1.12. The average Bonchev–Trinajstić information content (AvgIpc) is 3.74. The van der Waals surface area contributed by atoms with Crippen molar-refractivity contribution < 1.29 is 9.53 Å². The van der Waals surface area contributed by atoms with Gasteiger partial charge in [0.25, 0.3) is 5.91 Å². The lowest BCUT2D eigenvalue weighted by Crippen LogP contribution is -2.48. The number of H-pyrrole nitrogens is 1. The third-order valence-corrected chi connectivity index (χ3v) is 9.75. The van der Waals surface area contributed by atoms with E-state index in [9.17, 15) is 4.79 Å². The van der Waals surface area contributed by atoms with E-state index in [1.807, 2.05) is 30.5 Å². The second-order valence-electron chi connectivity index (χ2n) is 12.5. The van der Waals surface area contributed by atoms with Crippen molar-refractivity contribution in [3.63, 3.8) is 0 Å². The van der Waals surface area contributed by atoms with Gasteiger partial charge in [-0.2, -0.15) is 5.10 Å². The first-order valence-corrected chi connectivity index (χ1v) is 15.2. The minimum Gasteiger partial charge on any atom is -0.379 e. The van der Waals surface area contributed by atoms with Gasteiger partial charge in [0.05, 0.1) is 12.6 Å². The number of amides is 1. The number of aromatic amines is 1. The van der Waals surface area contributed by atoms with Crippen LogP contribution in [0.3, 0.4) is 0 Å². The molecule has 7 nitrogen and oxygen atoms in total. The number of likely N-dealkylation sites (tertiary alicyclic amines) is 1. The molecule has 3 atom stereocenters. The molecule has 2 N–H and O–H groups in total. The summed E-state index contributed by atoms with van der Waals surface area (Å²) in [4.78, 5) is 20.2. The third-order valence-electron chi connectivity index (χ3n) is 9.75. The van der Waals surface area contributed by atoms with Gasteiger partial charge in [-0.3, -0.25) is 14.8 Å². The van der Waals surface area contributed by atoms with Crippen LogP contribution in [0.5, 0.6) is 0 Å². The van der Waals surface area contributed by atoms with Crippen molar-refractivity contribution in [3.05, 3.63) is 71.4 Å². The van der Waals surface area contributed by atoms with Gasteiger partial charge in [-0.25, -0.2) is 4.98 Å². The zero-order valence-electron chi connectivity index (χ0n) is 24.1. The van der Waals surface area contributed by atoms with Crippen molar-refractivity contribution in [1.29, 1.82) is 0 Å². The quantitative estimate of drug-likeness (QED) is 0.302. The summed E-state index contributed by atoms with van der Waals surface area (Å²) in [7, 11) is 0. The minimum atomic E-state index is -0.0682. The van der Waals surface area contributed by atoms with Crippen molar-refractivity contribution >= 4 is 16.9 Å². The molecule has 7 rings (SSSR count). The number of carbonyl (C=O) groups is 1. The number of nitrogens with zero attached hydrogens (tertiary/aromatic N) is 3. The predicted molar refractivity (Wildman–Crippen MR) is 162 cm³/mol. The summed E-state index contributed by atoms with van der Waals surface area (Å²) in [6, 6.07) is 17.6. The number of rotatable bonds is 5. The molecule has 3 aliphatic rings. The highest BCUT2D eigenvalue weighted by atomic mass is 16.5. The number of aromatic nitrogens is 3. The van der Waals surface area contributed by atoms with Crippen molar-refractivity contribution in [2.24, 2.45) is 0 Å². The molecule has 0 spiro atoms. The van der Waals surface area contributed by atoms with E-state index in [1.165, 1.54) is 48.9 Å². The molecule has 41 heavy (non-hydrogen) atoms. The van der Waals surface area contributed by atoms with Crippen LogP contribution in [0.1, 0.15) is 67.4 Å². The molecule has 2 aromatic heterocycles. The average molecular weight is 550 g/mol. The first-order valence-electron chi connectivity index (χ1n) is 15.2. The summed E-state index contributed by atoms with van der Waals surface area (Å²) in [5, 5.41) is 11.7. The Morgan fingerprint density at radius 2 is 1.83 bits per heavy atom. The Morgan fingerprint density at radius 1 is 1.02 bits per heavy atom. The Kier molecular flexibility index (Phi) is 6.87. The van der Waals surface area contributed by atoms with E-state index in [0.717, 1.165) is 47.1 Å². The molecular formula is C34H39N5O2. The number of nitrogens with one attached hydrogen (secondary N) is 2. The van der Waals surface area contributed by atoms with Crippen molar-refractivity contribution in [2.45, 2.75) is 76.4 Å². The lowest BCUT2D eigenvalue weighted by atomic mass is 9.89. The van der Waals surface area contributed by atoms with E-state index in [4.69, 9.17) is 9.72 Å². The second kappa shape index (κ2) is 10.7. The maximum absolute atomic E-state index is 12.7. The lowest BCUT2D eigenvalue weighted by molar-refractivity contribution is 0.0821. The molecule has 2 aliphatic heterocycles. The number of carbonyl (C=O) groups excluding carboxylic acids is 1. The van der Waals surface area contributed by atoms with E-state index in [0.29, 0.717) is 24.8 Å². The molecular weight excluding hydrogens is 510 g/mol. The van der Waals surface area contributed by atoms with Crippen LogP contribution in [0.25, 0.3) is 33.4 Å². The first-order chi connectivity index (χ1) is 20.0. The van der Waals surface area contributed by atoms with Gasteiger partial charge in [-0.05, 0) is 100 Å². The molecule has 4 heterocycles. The van der Waals surface area contributed by atoms with Crippen LogP contribution in [0.15, 0.2) is 54.7 Å². The van der Waals surface area contributed by atoms with E-state index in [1.54, 1.807) is 0 Å². The highest BCUT2D eigenvalue weighted by molar-refractivity contribution is 5.96. The highest BCUT2D eigenvalue weighted by Gasteiger charge is 2.38. The van der Waals surface area contributed by atoms with Crippen molar-refractivity contribution in [1.82, 2.24) is 25.4 Å². The summed E-state index contributed by atoms with van der Waals surface area (Å²) in [6.07, 6.45) is 10.1. The Bertz CT molecular complexity index is 1570. The maximum atomic E-state index is 12.7. The first kappa shape index (κ1) is 26.4. The summed E-state index contributed by atoms with van der Waals surface area (Å²) in [6.45, 7) is 7.42. The number of benzene rings is 2. The molecule has 7 heteroatoms. The van der Waals surface area contributed by atoms with Gasteiger partial charge < -0.3 is 10.1 Å².